The second-order valence-electron chi connectivity index (χ2n) is 5.77. The minimum atomic E-state index is -0.470. The van der Waals surface area contributed by atoms with Crippen LogP contribution in [-0.2, 0) is 11.2 Å². The Morgan fingerprint density at radius 3 is 2.53 bits per heavy atom. The van der Waals surface area contributed by atoms with Gasteiger partial charge < -0.3 is 9.64 Å². The Morgan fingerprint density at radius 1 is 1.42 bits per heavy atom. The van der Waals surface area contributed by atoms with Crippen LogP contribution in [0.5, 0.6) is 0 Å². The molecule has 1 amide bonds. The first-order chi connectivity index (χ1) is 8.83. The van der Waals surface area contributed by atoms with Crippen molar-refractivity contribution in [3.8, 4) is 0 Å². The molecule has 0 aromatic carbocycles. The molecule has 0 unspecified atom stereocenters. The topological polar surface area (TPSA) is 55.3 Å². The molecular weight excluding hydrogens is 249 g/mol. The van der Waals surface area contributed by atoms with Crippen molar-refractivity contribution in [2.45, 2.75) is 32.8 Å². The van der Waals surface area contributed by atoms with E-state index in [0.717, 1.165) is 12.4 Å². The van der Waals surface area contributed by atoms with E-state index in [1.54, 1.807) is 4.90 Å². The van der Waals surface area contributed by atoms with Crippen molar-refractivity contribution < 1.29 is 13.9 Å². The van der Waals surface area contributed by atoms with Crippen molar-refractivity contribution in [3.63, 3.8) is 0 Å². The summed E-state index contributed by atoms with van der Waals surface area (Å²) in [4.78, 5) is 21.2. The van der Waals surface area contributed by atoms with E-state index in [2.05, 4.69) is 9.97 Å². The molecule has 1 aromatic rings. The molecule has 5 nitrogen and oxygen atoms in total. The van der Waals surface area contributed by atoms with E-state index < -0.39 is 11.4 Å². The molecule has 1 aliphatic rings. The number of amides is 1. The maximum atomic E-state index is 12.7. The Hall–Kier alpha value is -1.72. The molecule has 0 bridgehead atoms. The quantitative estimate of drug-likeness (QED) is 0.822. The molecule has 104 valence electrons. The molecule has 1 saturated heterocycles. The van der Waals surface area contributed by atoms with Gasteiger partial charge in [-0.25, -0.2) is 19.2 Å². The number of hydrogen-bond donors (Lipinski definition) is 0. The van der Waals surface area contributed by atoms with Crippen LogP contribution in [0, 0.1) is 11.7 Å². The van der Waals surface area contributed by atoms with Crippen LogP contribution in [0.4, 0.5) is 9.18 Å². The van der Waals surface area contributed by atoms with Gasteiger partial charge in [-0.1, -0.05) is 0 Å². The third kappa shape index (κ3) is 3.87. The van der Waals surface area contributed by atoms with Gasteiger partial charge in [0.15, 0.2) is 5.82 Å². The number of aromatic nitrogens is 2. The molecule has 2 heterocycles. The highest BCUT2D eigenvalue weighted by molar-refractivity contribution is 5.69. The first-order valence-electron chi connectivity index (χ1n) is 6.28. The van der Waals surface area contributed by atoms with Gasteiger partial charge in [0.05, 0.1) is 12.4 Å². The molecule has 0 saturated carbocycles. The number of ether oxygens (including phenoxy) is 1. The Kier molecular flexibility index (Phi) is 3.68. The first-order valence-corrected chi connectivity index (χ1v) is 6.28. The lowest BCUT2D eigenvalue weighted by Gasteiger charge is -2.39. The average Bonchev–Trinajstić information content (AvgIpc) is 2.22. The molecule has 0 aliphatic carbocycles. The van der Waals surface area contributed by atoms with E-state index in [1.807, 2.05) is 20.8 Å². The number of likely N-dealkylation sites (tertiary alicyclic amines) is 1. The van der Waals surface area contributed by atoms with Crippen molar-refractivity contribution in [1.82, 2.24) is 14.9 Å². The summed E-state index contributed by atoms with van der Waals surface area (Å²) in [6, 6.07) is 0. The molecule has 1 fully saturated rings. The SMILES string of the molecule is CC(C)(C)OC(=O)N1CC(Cc2ncc(F)cn2)C1. The lowest BCUT2D eigenvalue weighted by Crippen LogP contribution is -2.52. The number of hydrogen-bond acceptors (Lipinski definition) is 4. The standard InChI is InChI=1S/C13H18FN3O2/c1-13(2,3)19-12(18)17-7-9(8-17)4-11-15-5-10(14)6-16-11/h5-6,9H,4,7-8H2,1-3H3. The molecule has 0 atom stereocenters. The molecule has 0 spiro atoms. The zero-order chi connectivity index (χ0) is 14.0. The molecule has 0 radical (unpaired) electrons. The van der Waals surface area contributed by atoms with Gasteiger partial charge in [0.2, 0.25) is 0 Å². The summed E-state index contributed by atoms with van der Waals surface area (Å²) >= 11 is 0. The third-order valence-corrected chi connectivity index (χ3v) is 2.75. The lowest BCUT2D eigenvalue weighted by atomic mass is 9.96. The number of halogens is 1. The van der Waals surface area contributed by atoms with Crippen molar-refractivity contribution in [2.75, 3.05) is 13.1 Å². The van der Waals surface area contributed by atoms with Gasteiger partial charge in [-0.15, -0.1) is 0 Å². The van der Waals surface area contributed by atoms with Crippen LogP contribution in [-0.4, -0.2) is 39.7 Å². The summed E-state index contributed by atoms with van der Waals surface area (Å²) in [7, 11) is 0. The summed E-state index contributed by atoms with van der Waals surface area (Å²) in [5.41, 5.74) is -0.470. The Bertz CT molecular complexity index is 450. The summed E-state index contributed by atoms with van der Waals surface area (Å²) < 4.78 is 17.9. The van der Waals surface area contributed by atoms with Crippen LogP contribution >= 0.6 is 0 Å². The third-order valence-electron chi connectivity index (χ3n) is 2.75. The minimum absolute atomic E-state index is 0.288. The molecular formula is C13H18FN3O2. The van der Waals surface area contributed by atoms with E-state index in [1.165, 1.54) is 0 Å². The van der Waals surface area contributed by atoms with Gasteiger partial charge in [-0.2, -0.15) is 0 Å². The monoisotopic (exact) mass is 267 g/mol. The molecule has 2 rings (SSSR count). The number of nitrogens with zero attached hydrogens (tertiary/aromatic N) is 3. The molecule has 6 heteroatoms. The predicted octanol–water partition coefficient (Wildman–Crippen LogP) is 2.03. The second-order valence-corrected chi connectivity index (χ2v) is 5.77. The summed E-state index contributed by atoms with van der Waals surface area (Å²) in [5.74, 6) is 0.487. The number of carbonyl (C=O) groups excluding carboxylic acids is 1. The van der Waals surface area contributed by atoms with Crippen molar-refractivity contribution in [3.05, 3.63) is 24.0 Å². The second kappa shape index (κ2) is 5.11. The van der Waals surface area contributed by atoms with Gasteiger partial charge in [0.1, 0.15) is 11.4 Å². The van der Waals surface area contributed by atoms with E-state index in [0.29, 0.717) is 31.3 Å². The fraction of sp³-hybridized carbons (Fsp3) is 0.615. The minimum Gasteiger partial charge on any atom is -0.444 e. The van der Waals surface area contributed by atoms with Gasteiger partial charge >= 0.3 is 6.09 Å². The highest BCUT2D eigenvalue weighted by atomic mass is 19.1. The van der Waals surface area contributed by atoms with Crippen LogP contribution in [0.25, 0.3) is 0 Å². The summed E-state index contributed by atoms with van der Waals surface area (Å²) in [5, 5.41) is 0. The fourth-order valence-electron chi connectivity index (χ4n) is 1.88. The van der Waals surface area contributed by atoms with Gasteiger partial charge in [-0.05, 0) is 20.8 Å². The summed E-state index contributed by atoms with van der Waals surface area (Å²) in [6.45, 7) is 6.79. The molecule has 1 aromatic heterocycles. The van der Waals surface area contributed by atoms with Crippen LogP contribution in [0.1, 0.15) is 26.6 Å². The predicted molar refractivity (Wildman–Crippen MR) is 67.0 cm³/mol. The Labute approximate surface area is 111 Å². The maximum absolute atomic E-state index is 12.7. The van der Waals surface area contributed by atoms with E-state index in [9.17, 15) is 9.18 Å². The van der Waals surface area contributed by atoms with Crippen LogP contribution < -0.4 is 0 Å². The first kappa shape index (κ1) is 13.7. The van der Waals surface area contributed by atoms with Gasteiger partial charge in [0, 0.05) is 25.4 Å². The van der Waals surface area contributed by atoms with Gasteiger partial charge in [-0.3, -0.25) is 0 Å². The van der Waals surface area contributed by atoms with Crippen LogP contribution in [0.3, 0.4) is 0 Å². The maximum Gasteiger partial charge on any atom is 0.410 e. The largest absolute Gasteiger partial charge is 0.444 e. The van der Waals surface area contributed by atoms with E-state index >= 15 is 0 Å². The number of rotatable bonds is 2. The Balaban J connectivity index is 1.77. The zero-order valence-electron chi connectivity index (χ0n) is 11.4. The molecule has 19 heavy (non-hydrogen) atoms. The fourth-order valence-corrected chi connectivity index (χ4v) is 1.88. The van der Waals surface area contributed by atoms with E-state index in [-0.39, 0.29) is 6.09 Å². The van der Waals surface area contributed by atoms with Crippen molar-refractivity contribution in [1.29, 1.82) is 0 Å². The average molecular weight is 267 g/mol. The van der Waals surface area contributed by atoms with Crippen LogP contribution in [0.2, 0.25) is 0 Å². The van der Waals surface area contributed by atoms with E-state index in [4.69, 9.17) is 4.74 Å². The van der Waals surface area contributed by atoms with Crippen LogP contribution in [0.15, 0.2) is 12.4 Å². The van der Waals surface area contributed by atoms with Gasteiger partial charge in [0.25, 0.3) is 0 Å². The molecule has 0 N–H and O–H groups in total. The van der Waals surface area contributed by atoms with Crippen molar-refractivity contribution >= 4 is 6.09 Å². The number of carbonyl (C=O) groups is 1. The van der Waals surface area contributed by atoms with Crippen molar-refractivity contribution in [2.24, 2.45) is 5.92 Å². The normalized spacial score (nSPS) is 16.1. The summed E-state index contributed by atoms with van der Waals surface area (Å²) in [6.07, 6.45) is 2.68. The Morgan fingerprint density at radius 2 is 2.00 bits per heavy atom. The highest BCUT2D eigenvalue weighted by Gasteiger charge is 2.33. The smallest absolute Gasteiger partial charge is 0.410 e. The lowest BCUT2D eigenvalue weighted by molar-refractivity contribution is -0.00114. The zero-order valence-corrected chi connectivity index (χ0v) is 11.4. The highest BCUT2D eigenvalue weighted by Crippen LogP contribution is 2.21. The molecule has 1 aliphatic heterocycles.